The van der Waals surface area contributed by atoms with Crippen molar-refractivity contribution in [2.75, 3.05) is 27.3 Å². The molecule has 19 heteroatoms. The second-order valence-electron chi connectivity index (χ2n) is 18.6. The molecule has 2 bridgehead atoms. The van der Waals surface area contributed by atoms with Crippen LogP contribution in [0.5, 0.6) is 0 Å². The molecule has 65 heavy (non-hydrogen) atoms. The average molecular weight is 906 g/mol. The van der Waals surface area contributed by atoms with Gasteiger partial charge in [0.2, 0.25) is 11.8 Å². The summed E-state index contributed by atoms with van der Waals surface area (Å²) in [5.41, 5.74) is 7.01. The van der Waals surface area contributed by atoms with Crippen molar-refractivity contribution in [3.05, 3.63) is 71.6 Å². The van der Waals surface area contributed by atoms with Gasteiger partial charge in [-0.3, -0.25) is 9.59 Å². The molecule has 4 amide bonds. The van der Waals surface area contributed by atoms with E-state index in [1.807, 2.05) is 36.4 Å². The number of benzene rings is 2. The minimum Gasteiger partial charge on any atom is -0.453 e. The lowest BCUT2D eigenvalue weighted by atomic mass is 9.88. The number of aromatic nitrogens is 4. The lowest BCUT2D eigenvalue weighted by Gasteiger charge is -2.29. The molecule has 6 heterocycles. The SMILES string of the molecule is COC(=O)N[C@H](C(=O)N1CC(F)(F)CC1c1ncc(-c2ccc(-c3ccc(-c4cnc([C@@H]5CC(F)(F)CN5C(=O)[C@@H](NC(=O)OC)C(C)C)[nH]4)cc3)c3c2C2CC(C)CC3N2)[nH]1)C(C)C. The number of halogens is 4. The first kappa shape index (κ1) is 45.6. The van der Waals surface area contributed by atoms with Crippen molar-refractivity contribution in [3.63, 3.8) is 0 Å². The van der Waals surface area contributed by atoms with Gasteiger partial charge in [-0.25, -0.2) is 37.1 Å². The second-order valence-corrected chi connectivity index (χ2v) is 18.6. The van der Waals surface area contributed by atoms with Crippen molar-refractivity contribution >= 4 is 24.0 Å². The fourth-order valence-corrected chi connectivity index (χ4v) is 10.0. The number of rotatable bonds is 11. The Labute approximate surface area is 373 Å². The summed E-state index contributed by atoms with van der Waals surface area (Å²) in [4.78, 5) is 69.2. The van der Waals surface area contributed by atoms with Crippen LogP contribution >= 0.6 is 0 Å². The molecule has 7 atom stereocenters. The number of carbonyl (C=O) groups is 4. The normalized spacial score (nSPS) is 23.9. The monoisotopic (exact) mass is 905 g/mol. The van der Waals surface area contributed by atoms with Gasteiger partial charge in [0.15, 0.2) is 0 Å². The van der Waals surface area contributed by atoms with Crippen LogP contribution in [0, 0.1) is 17.8 Å². The van der Waals surface area contributed by atoms with E-state index in [0.717, 1.165) is 63.1 Å². The highest BCUT2D eigenvalue weighted by Crippen LogP contribution is 2.52. The van der Waals surface area contributed by atoms with Crippen LogP contribution in [0.25, 0.3) is 33.6 Å². The summed E-state index contributed by atoms with van der Waals surface area (Å²) in [6.07, 6.45) is 2.04. The zero-order chi connectivity index (χ0) is 46.7. The smallest absolute Gasteiger partial charge is 0.407 e. The highest BCUT2D eigenvalue weighted by atomic mass is 19.3. The number of hydrogen-bond donors (Lipinski definition) is 5. The third kappa shape index (κ3) is 8.90. The van der Waals surface area contributed by atoms with E-state index in [9.17, 15) is 28.0 Å². The van der Waals surface area contributed by atoms with E-state index in [1.54, 1.807) is 40.1 Å². The molecule has 4 aromatic rings. The second kappa shape index (κ2) is 17.4. The number of amides is 4. The maximum Gasteiger partial charge on any atom is 0.407 e. The fourth-order valence-electron chi connectivity index (χ4n) is 10.0. The lowest BCUT2D eigenvalue weighted by Crippen LogP contribution is -2.51. The Bertz CT molecular complexity index is 2460. The number of H-pyrrole nitrogens is 2. The molecule has 3 saturated heterocycles. The summed E-state index contributed by atoms with van der Waals surface area (Å²) >= 11 is 0. The Morgan fingerprint density at radius 3 is 1.58 bits per heavy atom. The number of ether oxygens (including phenoxy) is 2. The van der Waals surface area contributed by atoms with Gasteiger partial charge in [0.25, 0.3) is 11.8 Å². The molecule has 4 aliphatic rings. The van der Waals surface area contributed by atoms with Crippen LogP contribution in [0.2, 0.25) is 0 Å². The van der Waals surface area contributed by atoms with Crippen LogP contribution in [0.15, 0.2) is 48.8 Å². The van der Waals surface area contributed by atoms with Crippen molar-refractivity contribution in [3.8, 4) is 33.6 Å². The quantitative estimate of drug-likeness (QED) is 0.0936. The molecule has 0 radical (unpaired) electrons. The molecule has 8 rings (SSSR count). The largest absolute Gasteiger partial charge is 0.453 e. The van der Waals surface area contributed by atoms with Crippen LogP contribution in [0.3, 0.4) is 0 Å². The molecular weight excluding hydrogens is 851 g/mol. The molecule has 0 aliphatic carbocycles. The third-order valence-corrected chi connectivity index (χ3v) is 13.2. The number of hydrogen-bond acceptors (Lipinski definition) is 9. The summed E-state index contributed by atoms with van der Waals surface area (Å²) in [5.74, 6) is -7.59. The number of fused-ring (bicyclic) bond motifs is 5. The Hall–Kier alpha value is -5.98. The van der Waals surface area contributed by atoms with Gasteiger partial charge in [0.1, 0.15) is 23.7 Å². The molecule has 2 aromatic heterocycles. The van der Waals surface area contributed by atoms with Gasteiger partial charge >= 0.3 is 12.2 Å². The van der Waals surface area contributed by atoms with Crippen molar-refractivity contribution < 1.29 is 46.2 Å². The van der Waals surface area contributed by atoms with E-state index in [4.69, 9.17) is 4.74 Å². The van der Waals surface area contributed by atoms with Crippen molar-refractivity contribution in [1.82, 2.24) is 45.7 Å². The topological polar surface area (TPSA) is 187 Å². The Morgan fingerprint density at radius 2 is 1.11 bits per heavy atom. The summed E-state index contributed by atoms with van der Waals surface area (Å²) in [7, 11) is 2.33. The predicted octanol–water partition coefficient (Wildman–Crippen LogP) is 7.83. The number of methoxy groups -OCH3 is 2. The highest BCUT2D eigenvalue weighted by molar-refractivity contribution is 5.87. The minimum atomic E-state index is -3.17. The molecule has 348 valence electrons. The van der Waals surface area contributed by atoms with E-state index in [-0.39, 0.29) is 23.7 Å². The number of likely N-dealkylation sites (tertiary alicyclic amines) is 2. The number of alkyl carbamates (subject to hydrolysis) is 2. The first-order chi connectivity index (χ1) is 30.8. The number of imidazole rings is 2. The molecule has 4 unspecified atom stereocenters. The van der Waals surface area contributed by atoms with Gasteiger partial charge in [0, 0.05) is 30.5 Å². The van der Waals surface area contributed by atoms with E-state index in [0.29, 0.717) is 17.3 Å². The van der Waals surface area contributed by atoms with Gasteiger partial charge in [-0.2, -0.15) is 0 Å². The number of carbonyl (C=O) groups excluding carboxylic acids is 4. The van der Waals surface area contributed by atoms with Gasteiger partial charge in [-0.15, -0.1) is 0 Å². The van der Waals surface area contributed by atoms with E-state index >= 15 is 8.78 Å². The number of nitrogens with one attached hydrogen (secondary N) is 5. The van der Waals surface area contributed by atoms with Crippen molar-refractivity contribution in [2.45, 2.75) is 108 Å². The zero-order valence-corrected chi connectivity index (χ0v) is 37.3. The molecule has 15 nitrogen and oxygen atoms in total. The zero-order valence-electron chi connectivity index (χ0n) is 37.3. The molecular formula is C46H55F4N9O6. The standard InChI is InChI=1S/C46H55F4N9O6/c1-22(2)37(56-43(62)64-6)41(60)58-20-45(47,48)16-33(58)39-51-18-31(54-39)26-10-8-25(9-11-26)27-12-13-28(36-30-15-24(5)14-29(53-30)35(27)36)32-19-52-40(55-32)34-17-46(49,50)21-59(34)42(61)38(23(3)4)57-44(63)65-7/h8-13,18-19,22-24,29-30,33-34,37-38,53H,14-17,20-21H2,1-7H3,(H,51,54)(H,52,55)(H,56,62)(H,57,63)/t24?,29?,30?,33-,34?,37-,38-/m0/s1. The van der Waals surface area contributed by atoms with Crippen LogP contribution < -0.4 is 16.0 Å². The molecule has 3 fully saturated rings. The molecule has 0 spiro atoms. The first-order valence-electron chi connectivity index (χ1n) is 22.0. The number of nitrogens with zero attached hydrogens (tertiary/aromatic N) is 4. The van der Waals surface area contributed by atoms with Crippen molar-refractivity contribution in [2.24, 2.45) is 17.8 Å². The third-order valence-electron chi connectivity index (χ3n) is 13.2. The Kier molecular flexibility index (Phi) is 12.2. The van der Waals surface area contributed by atoms with Gasteiger partial charge in [0.05, 0.1) is 63.2 Å². The Morgan fingerprint density at radius 1 is 0.677 bits per heavy atom. The summed E-state index contributed by atoms with van der Waals surface area (Å²) in [5, 5.41) is 8.78. The summed E-state index contributed by atoms with van der Waals surface area (Å²) in [6, 6.07) is 7.66. The number of piperidine rings is 1. The summed E-state index contributed by atoms with van der Waals surface area (Å²) in [6.45, 7) is 7.44. The highest BCUT2D eigenvalue weighted by Gasteiger charge is 2.52. The van der Waals surface area contributed by atoms with Gasteiger partial charge in [-0.05, 0) is 58.4 Å². The van der Waals surface area contributed by atoms with Crippen LogP contribution in [-0.2, 0) is 19.1 Å². The number of aromatic amines is 2. The van der Waals surface area contributed by atoms with Crippen molar-refractivity contribution in [1.29, 1.82) is 0 Å². The predicted molar refractivity (Wildman–Crippen MR) is 230 cm³/mol. The van der Waals surface area contributed by atoms with Gasteiger partial charge in [-0.1, -0.05) is 71.0 Å². The maximum atomic E-state index is 15.1. The van der Waals surface area contributed by atoms with Crippen LogP contribution in [0.1, 0.15) is 107 Å². The molecule has 2 aromatic carbocycles. The molecule has 0 saturated carbocycles. The van der Waals surface area contributed by atoms with E-state index in [2.05, 4.69) is 47.5 Å². The van der Waals surface area contributed by atoms with E-state index in [1.165, 1.54) is 7.11 Å². The number of alkyl halides is 4. The Balaban J connectivity index is 1.07. The lowest BCUT2D eigenvalue weighted by molar-refractivity contribution is -0.137. The van der Waals surface area contributed by atoms with Crippen LogP contribution in [0.4, 0.5) is 27.2 Å². The molecule has 5 N–H and O–H groups in total. The summed E-state index contributed by atoms with van der Waals surface area (Å²) < 4.78 is 69.5. The fraction of sp³-hybridized carbons (Fsp3) is 0.522. The maximum absolute atomic E-state index is 15.1. The minimum absolute atomic E-state index is 0.0229. The molecule has 4 aliphatic heterocycles. The average Bonchev–Trinajstić information content (AvgIpc) is 4.11. The first-order valence-corrected chi connectivity index (χ1v) is 22.0. The van der Waals surface area contributed by atoms with Crippen LogP contribution in [-0.4, -0.2) is 105 Å². The van der Waals surface area contributed by atoms with E-state index < -0.39 is 97.8 Å². The van der Waals surface area contributed by atoms with Gasteiger partial charge < -0.3 is 45.2 Å².